The fourth-order valence-corrected chi connectivity index (χ4v) is 1.64. The lowest BCUT2D eigenvalue weighted by molar-refractivity contribution is -0.149. The van der Waals surface area contributed by atoms with Crippen LogP contribution in [0, 0.1) is 0 Å². The van der Waals surface area contributed by atoms with E-state index in [-0.39, 0.29) is 12.5 Å². The van der Waals surface area contributed by atoms with Crippen molar-refractivity contribution >= 4 is 18.9 Å². The molecule has 1 atom stereocenters. The summed E-state index contributed by atoms with van der Waals surface area (Å²) in [5.41, 5.74) is 0. The molecule has 14 heavy (non-hydrogen) atoms. The van der Waals surface area contributed by atoms with Crippen LogP contribution in [0.2, 0.25) is 6.82 Å². The molecule has 1 heterocycles. The maximum atomic E-state index is 11.4. The fraction of sp³-hybridized carbons (Fsp3) is 0.750. The highest BCUT2D eigenvalue weighted by Crippen LogP contribution is 2.20. The van der Waals surface area contributed by atoms with E-state index in [9.17, 15) is 14.6 Å². The van der Waals surface area contributed by atoms with Crippen LogP contribution < -0.4 is 0 Å². The maximum absolute atomic E-state index is 11.4. The van der Waals surface area contributed by atoms with Gasteiger partial charge in [0.2, 0.25) is 5.91 Å². The van der Waals surface area contributed by atoms with Crippen LogP contribution >= 0.6 is 0 Å². The van der Waals surface area contributed by atoms with Crippen molar-refractivity contribution in [2.75, 3.05) is 6.61 Å². The third-order valence-corrected chi connectivity index (χ3v) is 2.22. The Morgan fingerprint density at radius 3 is 2.93 bits per heavy atom. The summed E-state index contributed by atoms with van der Waals surface area (Å²) < 4.78 is 4.81. The highest BCUT2D eigenvalue weighted by Gasteiger charge is 2.40. The van der Waals surface area contributed by atoms with E-state index in [4.69, 9.17) is 4.74 Å². The highest BCUT2D eigenvalue weighted by molar-refractivity contribution is 6.49. The molecule has 1 fully saturated rings. The van der Waals surface area contributed by atoms with Gasteiger partial charge in [-0.25, -0.2) is 4.79 Å². The van der Waals surface area contributed by atoms with Crippen molar-refractivity contribution < 1.29 is 19.3 Å². The first kappa shape index (κ1) is 11.0. The van der Waals surface area contributed by atoms with Crippen LogP contribution in [-0.4, -0.2) is 41.4 Å². The standard InChI is InChI=1S/C8H14BNO4/c1-3-14-8(12)6-4-5-7(11)10(6)9(2)13/h6,13H,3-5H2,1-2H3/t6-/m0/s1. The first-order valence-corrected chi connectivity index (χ1v) is 4.73. The van der Waals surface area contributed by atoms with Gasteiger partial charge in [-0.3, -0.25) is 4.79 Å². The molecule has 1 saturated heterocycles. The molecule has 0 saturated carbocycles. The van der Waals surface area contributed by atoms with Crippen LogP contribution in [-0.2, 0) is 14.3 Å². The molecule has 1 rings (SSSR count). The molecule has 78 valence electrons. The van der Waals surface area contributed by atoms with Crippen molar-refractivity contribution in [3.63, 3.8) is 0 Å². The Labute approximate surface area is 83.2 Å². The number of nitrogens with zero attached hydrogens (tertiary/aromatic N) is 1. The average Bonchev–Trinajstić information content (AvgIpc) is 2.47. The van der Waals surface area contributed by atoms with Crippen molar-refractivity contribution in [3.05, 3.63) is 0 Å². The number of hydrogen-bond acceptors (Lipinski definition) is 4. The minimum absolute atomic E-state index is 0.196. The summed E-state index contributed by atoms with van der Waals surface area (Å²) in [5, 5.41) is 9.31. The molecule has 0 bridgehead atoms. The zero-order chi connectivity index (χ0) is 10.7. The molecule has 5 nitrogen and oxygen atoms in total. The Morgan fingerprint density at radius 2 is 2.43 bits per heavy atom. The first-order chi connectivity index (χ1) is 6.57. The second-order valence-corrected chi connectivity index (χ2v) is 3.24. The molecule has 0 aromatic carbocycles. The van der Waals surface area contributed by atoms with Gasteiger partial charge in [0.15, 0.2) is 0 Å². The fourth-order valence-electron chi connectivity index (χ4n) is 1.64. The summed E-state index contributed by atoms with van der Waals surface area (Å²) in [4.78, 5) is 23.9. The molecule has 0 aromatic heterocycles. The van der Waals surface area contributed by atoms with Crippen molar-refractivity contribution in [2.24, 2.45) is 0 Å². The molecule has 1 amide bonds. The first-order valence-electron chi connectivity index (χ1n) is 4.73. The lowest BCUT2D eigenvalue weighted by Crippen LogP contribution is -2.47. The normalized spacial score (nSPS) is 21.2. The average molecular weight is 199 g/mol. The molecular weight excluding hydrogens is 185 g/mol. The molecule has 1 aliphatic heterocycles. The Morgan fingerprint density at radius 1 is 1.79 bits per heavy atom. The van der Waals surface area contributed by atoms with Crippen LogP contribution in [0.1, 0.15) is 19.8 Å². The van der Waals surface area contributed by atoms with E-state index in [0.29, 0.717) is 12.8 Å². The van der Waals surface area contributed by atoms with Gasteiger partial charge in [-0.15, -0.1) is 0 Å². The van der Waals surface area contributed by atoms with E-state index < -0.39 is 19.1 Å². The lowest BCUT2D eigenvalue weighted by Gasteiger charge is -2.23. The molecule has 0 radical (unpaired) electrons. The van der Waals surface area contributed by atoms with Gasteiger partial charge in [-0.2, -0.15) is 0 Å². The predicted molar refractivity (Wildman–Crippen MR) is 50.3 cm³/mol. The zero-order valence-electron chi connectivity index (χ0n) is 8.40. The minimum Gasteiger partial charge on any atom is -0.464 e. The number of amides is 1. The van der Waals surface area contributed by atoms with Gasteiger partial charge < -0.3 is 14.6 Å². The maximum Gasteiger partial charge on any atom is 0.412 e. The van der Waals surface area contributed by atoms with Crippen molar-refractivity contribution in [3.8, 4) is 0 Å². The van der Waals surface area contributed by atoms with Crippen molar-refractivity contribution in [2.45, 2.75) is 32.6 Å². The SMILES string of the molecule is CCOC(=O)[C@@H]1CCC(=O)N1B(C)O. The number of carbonyl (C=O) groups is 2. The van der Waals surface area contributed by atoms with Crippen molar-refractivity contribution in [1.82, 2.24) is 4.81 Å². The van der Waals surface area contributed by atoms with Gasteiger partial charge in [-0.1, -0.05) is 0 Å². The van der Waals surface area contributed by atoms with Gasteiger partial charge in [0.1, 0.15) is 6.04 Å². The highest BCUT2D eigenvalue weighted by atomic mass is 16.5. The lowest BCUT2D eigenvalue weighted by atomic mass is 9.84. The molecule has 6 heteroatoms. The summed E-state index contributed by atoms with van der Waals surface area (Å²) >= 11 is 0. The molecule has 1 N–H and O–H groups in total. The second-order valence-electron chi connectivity index (χ2n) is 3.24. The van der Waals surface area contributed by atoms with E-state index in [1.54, 1.807) is 6.92 Å². The van der Waals surface area contributed by atoms with Crippen LogP contribution in [0.25, 0.3) is 0 Å². The molecule has 0 aromatic rings. The number of hydrogen-bond donors (Lipinski definition) is 1. The number of esters is 1. The monoisotopic (exact) mass is 199 g/mol. The van der Waals surface area contributed by atoms with E-state index >= 15 is 0 Å². The van der Waals surface area contributed by atoms with Crippen molar-refractivity contribution in [1.29, 1.82) is 0 Å². The second kappa shape index (κ2) is 4.46. The number of rotatable bonds is 3. The van der Waals surface area contributed by atoms with Gasteiger partial charge in [0.05, 0.1) is 6.61 Å². The largest absolute Gasteiger partial charge is 0.464 e. The van der Waals surface area contributed by atoms with Crippen LogP contribution in [0.15, 0.2) is 0 Å². The minimum atomic E-state index is -0.931. The van der Waals surface area contributed by atoms with E-state index in [0.717, 1.165) is 0 Å². The van der Waals surface area contributed by atoms with Crippen LogP contribution in [0.3, 0.4) is 0 Å². The number of ether oxygens (including phenoxy) is 1. The Hall–Kier alpha value is -1.04. The summed E-state index contributed by atoms with van der Waals surface area (Å²) in [6.07, 6.45) is 0.733. The van der Waals surface area contributed by atoms with E-state index in [1.165, 1.54) is 11.6 Å². The topological polar surface area (TPSA) is 66.8 Å². The summed E-state index contributed by atoms with van der Waals surface area (Å²) in [7, 11) is -0.931. The molecule has 0 spiro atoms. The zero-order valence-corrected chi connectivity index (χ0v) is 8.40. The number of carbonyl (C=O) groups excluding carboxylic acids is 2. The third-order valence-electron chi connectivity index (χ3n) is 2.22. The Bertz CT molecular complexity index is 243. The van der Waals surface area contributed by atoms with Gasteiger partial charge in [0, 0.05) is 6.42 Å². The summed E-state index contributed by atoms with van der Waals surface area (Å²) in [6, 6.07) is -0.609. The Balaban J connectivity index is 2.69. The smallest absolute Gasteiger partial charge is 0.412 e. The molecule has 1 aliphatic rings. The summed E-state index contributed by atoms with van der Waals surface area (Å²) in [5.74, 6) is -0.627. The summed E-state index contributed by atoms with van der Waals surface area (Å²) in [6.45, 7) is 3.47. The predicted octanol–water partition coefficient (Wildman–Crippen LogP) is -0.349. The van der Waals surface area contributed by atoms with E-state index in [1.807, 2.05) is 0 Å². The van der Waals surface area contributed by atoms with Gasteiger partial charge in [0.25, 0.3) is 0 Å². The van der Waals surface area contributed by atoms with Gasteiger partial charge >= 0.3 is 13.0 Å². The third kappa shape index (κ3) is 2.06. The molecule has 0 unspecified atom stereocenters. The Kier molecular flexibility index (Phi) is 3.52. The van der Waals surface area contributed by atoms with Crippen LogP contribution in [0.5, 0.6) is 0 Å². The van der Waals surface area contributed by atoms with Gasteiger partial charge in [-0.05, 0) is 20.2 Å². The van der Waals surface area contributed by atoms with Crippen LogP contribution in [0.4, 0.5) is 0 Å². The molecule has 0 aliphatic carbocycles. The van der Waals surface area contributed by atoms with E-state index in [2.05, 4.69) is 0 Å². The quantitative estimate of drug-likeness (QED) is 0.498. The molecular formula is C8H14BNO4.